The lowest BCUT2D eigenvalue weighted by atomic mass is 9.93. The summed E-state index contributed by atoms with van der Waals surface area (Å²) < 4.78 is 25.2. The maximum Gasteiger partial charge on any atom is 0.319 e. The molecule has 79 heavy (non-hydrogen) atoms. The Kier molecular flexibility index (Phi) is 14.6. The number of carbonyl (C=O) groups is 2. The van der Waals surface area contributed by atoms with Gasteiger partial charge in [0.1, 0.15) is 35.1 Å². The van der Waals surface area contributed by atoms with Gasteiger partial charge in [-0.3, -0.25) is 33.8 Å². The van der Waals surface area contributed by atoms with Crippen molar-refractivity contribution < 1.29 is 28.9 Å². The number of pyridine rings is 1. The van der Waals surface area contributed by atoms with Gasteiger partial charge in [0, 0.05) is 123 Å². The van der Waals surface area contributed by atoms with Crippen LogP contribution in [0.25, 0.3) is 50.0 Å². The third kappa shape index (κ3) is 10.3. The number of hydrogen-bond acceptors (Lipinski definition) is 15. The van der Waals surface area contributed by atoms with Crippen molar-refractivity contribution in [2.24, 2.45) is 5.92 Å². The van der Waals surface area contributed by atoms with Crippen molar-refractivity contribution in [3.63, 3.8) is 0 Å². The normalized spacial score (nSPS) is 21.5. The Bertz CT molecular complexity index is 3420. The number of aromatic hydroxyl groups is 2. The molecule has 0 aliphatic carbocycles. The predicted octanol–water partition coefficient (Wildman–Crippen LogP) is 7.23. The van der Waals surface area contributed by atoms with Gasteiger partial charge in [0.15, 0.2) is 11.6 Å². The molecule has 5 fully saturated rings. The van der Waals surface area contributed by atoms with E-state index in [2.05, 4.69) is 47.5 Å². The minimum atomic E-state index is -0.532. The van der Waals surface area contributed by atoms with E-state index in [0.29, 0.717) is 83.0 Å². The van der Waals surface area contributed by atoms with Crippen molar-refractivity contribution in [3.8, 4) is 45.8 Å². The van der Waals surface area contributed by atoms with E-state index in [9.17, 15) is 19.8 Å². The van der Waals surface area contributed by atoms with Crippen LogP contribution in [0.15, 0.2) is 79.0 Å². The van der Waals surface area contributed by atoms with E-state index in [1.54, 1.807) is 16.8 Å². The lowest BCUT2D eigenvalue weighted by Crippen LogP contribution is -2.52. The summed E-state index contributed by atoms with van der Waals surface area (Å²) in [5.41, 5.74) is 3.67. The van der Waals surface area contributed by atoms with E-state index in [4.69, 9.17) is 31.3 Å². The zero-order chi connectivity index (χ0) is 54.6. The fourth-order valence-electron chi connectivity index (χ4n) is 12.8. The van der Waals surface area contributed by atoms with Gasteiger partial charge in [0.25, 0.3) is 5.91 Å². The van der Waals surface area contributed by atoms with Gasteiger partial charge >= 0.3 is 6.01 Å². The topological polar surface area (TPSA) is 193 Å². The van der Waals surface area contributed by atoms with Gasteiger partial charge in [-0.25, -0.2) is 4.39 Å². The summed E-state index contributed by atoms with van der Waals surface area (Å²) in [5.74, 6) is 0.0475. The number of anilines is 1. The molecule has 0 saturated carbocycles. The van der Waals surface area contributed by atoms with Gasteiger partial charge in [-0.05, 0) is 98.9 Å². The molecule has 5 aliphatic heterocycles. The lowest BCUT2D eigenvalue weighted by Gasteiger charge is -2.39. The molecule has 0 radical (unpaired) electrons. The highest BCUT2D eigenvalue weighted by Crippen LogP contribution is 2.41. The van der Waals surface area contributed by atoms with Crippen LogP contribution in [0.4, 0.5) is 10.2 Å². The third-order valence-corrected chi connectivity index (χ3v) is 17.4. The number of likely N-dealkylation sites (tertiary alicyclic amines) is 2. The molecule has 4 atom stereocenters. The molecule has 8 heterocycles. The summed E-state index contributed by atoms with van der Waals surface area (Å²) in [6.07, 6.45) is 6.42. The maximum absolute atomic E-state index is 17.1. The number of carbonyl (C=O) groups excluding carboxylic acids is 2. The van der Waals surface area contributed by atoms with Crippen molar-refractivity contribution in [2.45, 2.75) is 82.6 Å². The van der Waals surface area contributed by atoms with Crippen LogP contribution in [0.5, 0.6) is 17.5 Å². The molecule has 4 aromatic carbocycles. The van der Waals surface area contributed by atoms with Crippen LogP contribution in [0.1, 0.15) is 73.6 Å². The highest BCUT2D eigenvalue weighted by molar-refractivity contribution is 6.36. The molecule has 2 unspecified atom stereocenters. The molecule has 18 nitrogen and oxygen atoms in total. The zero-order valence-corrected chi connectivity index (χ0v) is 45.8. The Morgan fingerprint density at radius 3 is 2.33 bits per heavy atom. The molecular formula is C59H67ClFN13O5. The van der Waals surface area contributed by atoms with Crippen molar-refractivity contribution >= 4 is 50.9 Å². The molecule has 3 aromatic heterocycles. The van der Waals surface area contributed by atoms with Gasteiger partial charge in [0.2, 0.25) is 11.7 Å². The number of rotatable bonds is 13. The first-order chi connectivity index (χ1) is 38.3. The van der Waals surface area contributed by atoms with Gasteiger partial charge < -0.3 is 35.4 Å². The van der Waals surface area contributed by atoms with E-state index in [-0.39, 0.29) is 64.2 Å². The van der Waals surface area contributed by atoms with Crippen molar-refractivity contribution in [1.29, 1.82) is 0 Å². The smallest absolute Gasteiger partial charge is 0.319 e. The molecule has 0 spiro atoms. The van der Waals surface area contributed by atoms with E-state index < -0.39 is 11.7 Å². The molecule has 20 heteroatoms. The Morgan fingerprint density at radius 2 is 1.61 bits per heavy atom. The Balaban J connectivity index is 0.656. The van der Waals surface area contributed by atoms with Crippen molar-refractivity contribution in [1.82, 2.24) is 59.9 Å². The first-order valence-corrected chi connectivity index (χ1v) is 28.1. The summed E-state index contributed by atoms with van der Waals surface area (Å²) in [7, 11) is 3.65. The van der Waals surface area contributed by atoms with Gasteiger partial charge in [-0.15, -0.1) is 10.2 Å². The molecule has 2 amide bonds. The minimum Gasteiger partial charge on any atom is -0.508 e. The van der Waals surface area contributed by atoms with Crippen LogP contribution in [-0.2, 0) is 11.3 Å². The second kappa shape index (κ2) is 21.9. The van der Waals surface area contributed by atoms with E-state index in [1.807, 2.05) is 79.4 Å². The van der Waals surface area contributed by atoms with Crippen LogP contribution >= 0.6 is 11.6 Å². The predicted molar refractivity (Wildman–Crippen MR) is 301 cm³/mol. The van der Waals surface area contributed by atoms with E-state index in [0.717, 1.165) is 94.3 Å². The number of amides is 2. The van der Waals surface area contributed by atoms with Crippen LogP contribution in [0, 0.1) is 11.7 Å². The number of aromatic nitrogens is 6. The number of piperidine rings is 1. The fourth-order valence-corrected chi connectivity index (χ4v) is 13.0. The van der Waals surface area contributed by atoms with Crippen LogP contribution in [0.2, 0.25) is 5.02 Å². The van der Waals surface area contributed by atoms with Gasteiger partial charge in [0.05, 0.1) is 10.9 Å². The average Bonchev–Trinajstić information content (AvgIpc) is 4.27. The molecular weight excluding hydrogens is 1030 g/mol. The summed E-state index contributed by atoms with van der Waals surface area (Å²) in [6, 6.07) is 23.4. The Hall–Kier alpha value is -7.03. The SMILES string of the molecule is CNC(=O)c1nnc(-c2cc(C(C)C)c(O)cc2O)n1-c1ccc(CN2CCN(C(=O)C3CCN([C@H]4C[C@@H](COc5nc(N6CC7CCC(C6)N7)c6cnc(-c7cccc8cccc(Cl)c78)c(F)c6n5)N(C)C4)CC3)CC2)cc1. The lowest BCUT2D eigenvalue weighted by molar-refractivity contribution is -0.139. The number of ether oxygens (including phenoxy) is 1. The van der Waals surface area contributed by atoms with E-state index >= 15 is 4.39 Å². The molecule has 4 N–H and O–H groups in total. The van der Waals surface area contributed by atoms with Gasteiger partial charge in [-0.2, -0.15) is 9.97 Å². The average molecular weight is 1090 g/mol. The number of fused-ring (bicyclic) bond motifs is 4. The number of phenols is 2. The molecule has 7 aromatic rings. The summed E-state index contributed by atoms with van der Waals surface area (Å²) in [6.45, 7) is 11.9. The zero-order valence-electron chi connectivity index (χ0n) is 45.1. The van der Waals surface area contributed by atoms with Crippen molar-refractivity contribution in [2.75, 3.05) is 84.5 Å². The van der Waals surface area contributed by atoms with E-state index in [1.165, 1.54) is 13.1 Å². The summed E-state index contributed by atoms with van der Waals surface area (Å²) in [4.78, 5) is 53.0. The quantitative estimate of drug-likeness (QED) is 0.0904. The first-order valence-electron chi connectivity index (χ1n) is 27.7. The van der Waals surface area contributed by atoms with Crippen LogP contribution < -0.4 is 20.3 Å². The first kappa shape index (κ1) is 52.7. The number of piperazine rings is 2. The molecule has 412 valence electrons. The fraction of sp³-hybridized carbons (Fsp3) is 0.441. The highest BCUT2D eigenvalue weighted by atomic mass is 35.5. The van der Waals surface area contributed by atoms with Gasteiger partial charge in [-0.1, -0.05) is 67.9 Å². The molecule has 2 bridgehead atoms. The Morgan fingerprint density at radius 1 is 0.873 bits per heavy atom. The van der Waals surface area contributed by atoms with Crippen LogP contribution in [-0.4, -0.2) is 175 Å². The van der Waals surface area contributed by atoms with Crippen molar-refractivity contribution in [3.05, 3.63) is 107 Å². The summed E-state index contributed by atoms with van der Waals surface area (Å²) in [5, 5.41) is 39.0. The number of benzene rings is 4. The molecule has 5 aliphatic rings. The number of hydrogen-bond donors (Lipinski definition) is 4. The standard InChI is InChI=1S/C59H67ClFN13O5/c1-34(2)44-26-45(49(76)27-48(44)75)55-67-68-56(57(77)62-3)74(55)40-15-11-35(12-16-40)29-70-21-23-72(24-22-70)58(78)37-17-19-71(20-18-37)41-25-42(69(4)32-41)33-79-59-65-53-46(54(66-59)73-30-38-13-14-39(31-73)64-38)28-63-52(51(53)61)43-9-5-7-36-8-6-10-47(60)50(36)43/h5-12,15-16,26-28,34,37-39,41-42,64,75-76H,13-14,17-25,29-33H2,1-4H3,(H,62,77)/t38?,39?,41-,42-/m0/s1. The Labute approximate surface area is 463 Å². The summed E-state index contributed by atoms with van der Waals surface area (Å²) >= 11 is 6.71. The monoisotopic (exact) mass is 1090 g/mol. The largest absolute Gasteiger partial charge is 0.508 e. The second-order valence-corrected chi connectivity index (χ2v) is 22.8. The number of nitrogens with zero attached hydrogens (tertiary/aromatic N) is 11. The minimum absolute atomic E-state index is 0.00451. The molecule has 12 rings (SSSR count). The number of likely N-dealkylation sites (N-methyl/N-ethyl adjacent to an activating group) is 1. The number of nitrogens with one attached hydrogen (secondary N) is 2. The highest BCUT2D eigenvalue weighted by Gasteiger charge is 2.39. The second-order valence-electron chi connectivity index (χ2n) is 22.4. The number of halogens is 2. The number of phenolic OH excluding ortho intramolecular Hbond substituents is 2. The van der Waals surface area contributed by atoms with Crippen LogP contribution in [0.3, 0.4) is 0 Å². The maximum atomic E-state index is 17.1. The molecule has 5 saturated heterocycles. The third-order valence-electron chi connectivity index (χ3n) is 17.1.